The fourth-order valence-corrected chi connectivity index (χ4v) is 2.29. The second-order valence-corrected chi connectivity index (χ2v) is 5.76. The second-order valence-electron chi connectivity index (χ2n) is 5.76. The fraction of sp³-hybridized carbons (Fsp3) is 0.400. The molecule has 2 aromatic carbocycles. The van der Waals surface area contributed by atoms with Crippen LogP contribution >= 0.6 is 0 Å². The lowest BCUT2D eigenvalue weighted by Crippen LogP contribution is -2.23. The molecule has 120 valence electrons. The van der Waals surface area contributed by atoms with E-state index in [2.05, 4.69) is 75.6 Å². The Kier molecular flexibility index (Phi) is 8.49. The molecule has 2 aromatic rings. The number of hydrogen-bond donors (Lipinski definition) is 2. The van der Waals surface area contributed by atoms with Crippen molar-refractivity contribution in [2.24, 2.45) is 5.84 Å². The Morgan fingerprint density at radius 1 is 0.909 bits per heavy atom. The van der Waals surface area contributed by atoms with Crippen LogP contribution in [0.1, 0.15) is 41.2 Å². The van der Waals surface area contributed by atoms with Gasteiger partial charge in [-0.25, -0.2) is 0 Å². The summed E-state index contributed by atoms with van der Waals surface area (Å²) in [7, 11) is 0. The molecule has 0 radical (unpaired) electrons. The molecule has 0 amide bonds. The van der Waals surface area contributed by atoms with Crippen LogP contribution in [-0.4, -0.2) is 6.54 Å². The number of aryl methyl sites for hydroxylation is 5. The molecule has 0 atom stereocenters. The van der Waals surface area contributed by atoms with Crippen LogP contribution in [0.15, 0.2) is 42.5 Å². The van der Waals surface area contributed by atoms with E-state index in [1.54, 1.807) is 0 Å². The van der Waals surface area contributed by atoms with Gasteiger partial charge in [0.1, 0.15) is 0 Å². The minimum atomic E-state index is 0.883. The molecule has 0 aliphatic carbocycles. The number of nitrogens with one attached hydrogen (secondary N) is 1. The van der Waals surface area contributed by atoms with Gasteiger partial charge in [-0.3, -0.25) is 11.3 Å². The summed E-state index contributed by atoms with van der Waals surface area (Å²) in [5, 5.41) is 0. The van der Waals surface area contributed by atoms with Gasteiger partial charge in [-0.15, -0.1) is 0 Å². The van der Waals surface area contributed by atoms with Crippen molar-refractivity contribution in [2.45, 2.75) is 47.0 Å². The van der Waals surface area contributed by atoms with E-state index in [-0.39, 0.29) is 0 Å². The number of hydrogen-bond acceptors (Lipinski definition) is 2. The summed E-state index contributed by atoms with van der Waals surface area (Å²) in [5.74, 6) is 5.18. The van der Waals surface area contributed by atoms with Crippen molar-refractivity contribution in [1.29, 1.82) is 0 Å². The maximum Gasteiger partial charge on any atom is 0.0101 e. The zero-order chi connectivity index (χ0) is 16.4. The largest absolute Gasteiger partial charge is 0.271 e. The summed E-state index contributed by atoms with van der Waals surface area (Å²) in [6, 6.07) is 15.1. The average molecular weight is 298 g/mol. The minimum Gasteiger partial charge on any atom is -0.271 e. The van der Waals surface area contributed by atoms with E-state index in [1.165, 1.54) is 27.8 Å². The number of nitrogens with two attached hydrogens (primary N) is 1. The molecular weight excluding hydrogens is 268 g/mol. The van der Waals surface area contributed by atoms with Crippen molar-refractivity contribution in [3.05, 3.63) is 70.3 Å². The van der Waals surface area contributed by atoms with Gasteiger partial charge in [-0.2, -0.15) is 0 Å². The topological polar surface area (TPSA) is 38.0 Å². The van der Waals surface area contributed by atoms with E-state index in [0.717, 1.165) is 25.8 Å². The Bertz CT molecular complexity index is 561. The van der Waals surface area contributed by atoms with Crippen molar-refractivity contribution < 1.29 is 0 Å². The summed E-state index contributed by atoms with van der Waals surface area (Å²) in [6.07, 6.45) is 3.35. The first-order valence-electron chi connectivity index (χ1n) is 8.12. The van der Waals surface area contributed by atoms with Crippen molar-refractivity contribution in [3.63, 3.8) is 0 Å². The molecule has 2 rings (SSSR count). The quantitative estimate of drug-likeness (QED) is 0.492. The predicted octanol–water partition coefficient (Wildman–Crippen LogP) is 4.26. The average Bonchev–Trinajstić information content (AvgIpc) is 2.53. The molecule has 0 bridgehead atoms. The Labute approximate surface area is 135 Å². The van der Waals surface area contributed by atoms with Gasteiger partial charge in [0.2, 0.25) is 0 Å². The number of benzene rings is 2. The summed E-state index contributed by atoms with van der Waals surface area (Å²) in [5.41, 5.74) is 9.67. The maximum absolute atomic E-state index is 5.18. The first kappa shape index (κ1) is 18.4. The molecular formula is C20H30N2. The van der Waals surface area contributed by atoms with E-state index in [0.29, 0.717) is 0 Å². The SMILES string of the molecule is CCc1ccc(C)c(C)c1.Cc1ccccc1CCCNN. The Hall–Kier alpha value is -1.64. The highest BCUT2D eigenvalue weighted by molar-refractivity contribution is 5.29. The summed E-state index contributed by atoms with van der Waals surface area (Å²) in [4.78, 5) is 0. The third-order valence-corrected chi connectivity index (χ3v) is 4.01. The van der Waals surface area contributed by atoms with E-state index >= 15 is 0 Å². The molecule has 2 nitrogen and oxygen atoms in total. The van der Waals surface area contributed by atoms with Crippen LogP contribution in [0.2, 0.25) is 0 Å². The highest BCUT2D eigenvalue weighted by atomic mass is 15.2. The third kappa shape index (κ3) is 6.42. The molecule has 0 spiro atoms. The summed E-state index contributed by atoms with van der Waals surface area (Å²) >= 11 is 0. The van der Waals surface area contributed by atoms with Crippen LogP contribution in [0.5, 0.6) is 0 Å². The van der Waals surface area contributed by atoms with Gasteiger partial charge in [0.15, 0.2) is 0 Å². The van der Waals surface area contributed by atoms with Gasteiger partial charge < -0.3 is 0 Å². The number of rotatable bonds is 5. The molecule has 0 heterocycles. The normalized spacial score (nSPS) is 10.0. The lowest BCUT2D eigenvalue weighted by Gasteiger charge is -2.04. The zero-order valence-electron chi connectivity index (χ0n) is 14.4. The van der Waals surface area contributed by atoms with Crippen LogP contribution in [0, 0.1) is 20.8 Å². The van der Waals surface area contributed by atoms with Gasteiger partial charge >= 0.3 is 0 Å². The van der Waals surface area contributed by atoms with Crippen LogP contribution in [-0.2, 0) is 12.8 Å². The second kappa shape index (κ2) is 10.1. The third-order valence-electron chi connectivity index (χ3n) is 4.01. The highest BCUT2D eigenvalue weighted by Gasteiger charge is 1.95. The van der Waals surface area contributed by atoms with E-state index in [4.69, 9.17) is 5.84 Å². The Morgan fingerprint density at radius 3 is 2.23 bits per heavy atom. The molecule has 0 saturated carbocycles. The van der Waals surface area contributed by atoms with Gasteiger partial charge in [0, 0.05) is 6.54 Å². The number of hydrazine groups is 1. The molecule has 0 aliphatic heterocycles. The fourth-order valence-electron chi connectivity index (χ4n) is 2.29. The van der Waals surface area contributed by atoms with Gasteiger partial charge in [0.05, 0.1) is 0 Å². The Balaban J connectivity index is 0.000000224. The first-order valence-corrected chi connectivity index (χ1v) is 8.12. The minimum absolute atomic E-state index is 0.883. The van der Waals surface area contributed by atoms with Crippen molar-refractivity contribution in [1.82, 2.24) is 5.43 Å². The molecule has 0 saturated heterocycles. The zero-order valence-corrected chi connectivity index (χ0v) is 14.4. The maximum atomic E-state index is 5.18. The van der Waals surface area contributed by atoms with Crippen LogP contribution in [0.25, 0.3) is 0 Å². The summed E-state index contributed by atoms with van der Waals surface area (Å²) < 4.78 is 0. The van der Waals surface area contributed by atoms with Crippen LogP contribution in [0.3, 0.4) is 0 Å². The molecule has 0 unspecified atom stereocenters. The molecule has 0 fully saturated rings. The van der Waals surface area contributed by atoms with E-state index < -0.39 is 0 Å². The first-order chi connectivity index (χ1) is 10.6. The van der Waals surface area contributed by atoms with Crippen LogP contribution in [0.4, 0.5) is 0 Å². The summed E-state index contributed by atoms with van der Waals surface area (Å²) in [6.45, 7) is 9.52. The smallest absolute Gasteiger partial charge is 0.0101 e. The molecule has 0 aromatic heterocycles. The van der Waals surface area contributed by atoms with E-state index in [9.17, 15) is 0 Å². The highest BCUT2D eigenvalue weighted by Crippen LogP contribution is 2.09. The monoisotopic (exact) mass is 298 g/mol. The molecule has 0 aliphatic rings. The lowest BCUT2D eigenvalue weighted by atomic mass is 10.0. The standard InChI is InChI=1S/C10H16N2.C10H14/c1-9-5-2-3-6-10(9)7-4-8-12-11;1-4-10-6-5-8(2)9(3)7-10/h2-3,5-6,12H,4,7-8,11H2,1H3;5-7H,4H2,1-3H3. The molecule has 2 heteroatoms. The van der Waals surface area contributed by atoms with Crippen molar-refractivity contribution in [3.8, 4) is 0 Å². The molecule has 22 heavy (non-hydrogen) atoms. The molecule has 3 N–H and O–H groups in total. The van der Waals surface area contributed by atoms with Crippen LogP contribution < -0.4 is 11.3 Å². The van der Waals surface area contributed by atoms with Crippen molar-refractivity contribution in [2.75, 3.05) is 6.54 Å². The van der Waals surface area contributed by atoms with E-state index in [1.807, 2.05) is 0 Å². The Morgan fingerprint density at radius 2 is 1.64 bits per heavy atom. The van der Waals surface area contributed by atoms with Crippen molar-refractivity contribution >= 4 is 0 Å². The van der Waals surface area contributed by atoms with Gasteiger partial charge in [-0.1, -0.05) is 49.4 Å². The predicted molar refractivity (Wildman–Crippen MR) is 97.0 cm³/mol. The van der Waals surface area contributed by atoms with Gasteiger partial charge in [-0.05, 0) is 67.9 Å². The lowest BCUT2D eigenvalue weighted by molar-refractivity contribution is 0.678. The van der Waals surface area contributed by atoms with Gasteiger partial charge in [0.25, 0.3) is 0 Å².